The number of carbonyl (C=O) groups is 4. The molecule has 3 amide bonds. The van der Waals surface area contributed by atoms with Gasteiger partial charge in [-0.05, 0) is 36.5 Å². The summed E-state index contributed by atoms with van der Waals surface area (Å²) < 4.78 is 5.11. The first kappa shape index (κ1) is 20.8. The highest BCUT2D eigenvalue weighted by molar-refractivity contribution is 6.22. The summed E-state index contributed by atoms with van der Waals surface area (Å²) in [6.07, 6.45) is 4.62. The molecule has 154 valence electrons. The van der Waals surface area contributed by atoms with E-state index in [1.807, 2.05) is 0 Å². The smallest absolute Gasteiger partial charge is 0.338 e. The van der Waals surface area contributed by atoms with Gasteiger partial charge < -0.3 is 10.1 Å². The molecule has 7 heteroatoms. The van der Waals surface area contributed by atoms with Gasteiger partial charge in [-0.15, -0.1) is 6.58 Å². The van der Waals surface area contributed by atoms with Gasteiger partial charge in [0.1, 0.15) is 0 Å². The summed E-state index contributed by atoms with van der Waals surface area (Å²) in [6, 6.07) is 4.28. The van der Waals surface area contributed by atoms with Gasteiger partial charge in [-0.1, -0.05) is 32.8 Å². The first-order chi connectivity index (χ1) is 13.8. The van der Waals surface area contributed by atoms with Crippen LogP contribution in [0.3, 0.4) is 0 Å². The lowest BCUT2D eigenvalue weighted by Crippen LogP contribution is -2.45. The van der Waals surface area contributed by atoms with Crippen molar-refractivity contribution in [3.63, 3.8) is 0 Å². The van der Waals surface area contributed by atoms with E-state index in [9.17, 15) is 19.2 Å². The standard InChI is InChI=1S/C22H26N2O5/c1-4-10-24-20(26)16-9-8-15(11-17(16)21(24)27)22(28)29-12-19(25)23-18-7-5-6-13(2)14(18)3/h4,8-9,11,13-14,18H,1,5-7,10,12H2,2-3H3,(H,23,25)/t13-,14-,18+/m1/s1. The van der Waals surface area contributed by atoms with Gasteiger partial charge in [-0.25, -0.2) is 4.79 Å². The lowest BCUT2D eigenvalue weighted by Gasteiger charge is -2.34. The fraction of sp³-hybridized carbons (Fsp3) is 0.455. The van der Waals surface area contributed by atoms with E-state index in [1.54, 1.807) is 0 Å². The molecule has 0 bridgehead atoms. The van der Waals surface area contributed by atoms with E-state index < -0.39 is 17.8 Å². The molecule has 29 heavy (non-hydrogen) atoms. The molecule has 1 aliphatic carbocycles. The van der Waals surface area contributed by atoms with Crippen LogP contribution in [0.1, 0.15) is 64.2 Å². The summed E-state index contributed by atoms with van der Waals surface area (Å²) in [5.74, 6) is -1.02. The van der Waals surface area contributed by atoms with Gasteiger partial charge in [0.25, 0.3) is 17.7 Å². The predicted octanol–water partition coefficient (Wildman–Crippen LogP) is 2.57. The summed E-state index contributed by atoms with van der Waals surface area (Å²) in [7, 11) is 0. The molecule has 1 N–H and O–H groups in total. The summed E-state index contributed by atoms with van der Waals surface area (Å²) in [5.41, 5.74) is 0.519. The van der Waals surface area contributed by atoms with E-state index in [1.165, 1.54) is 24.3 Å². The second-order valence-corrected chi connectivity index (χ2v) is 7.79. The molecular weight excluding hydrogens is 372 g/mol. The molecule has 2 aliphatic rings. The maximum absolute atomic E-state index is 12.4. The van der Waals surface area contributed by atoms with Crippen molar-refractivity contribution in [2.24, 2.45) is 11.8 Å². The molecule has 3 rings (SSSR count). The number of amides is 3. The van der Waals surface area contributed by atoms with E-state index in [0.29, 0.717) is 11.8 Å². The molecule has 1 fully saturated rings. The number of esters is 1. The number of rotatable bonds is 6. The summed E-state index contributed by atoms with van der Waals surface area (Å²) in [5, 5.41) is 2.95. The van der Waals surface area contributed by atoms with Crippen LogP contribution in [-0.2, 0) is 9.53 Å². The summed E-state index contributed by atoms with van der Waals surface area (Å²) in [6.45, 7) is 7.55. The Balaban J connectivity index is 1.59. The Kier molecular flexibility index (Phi) is 6.15. The van der Waals surface area contributed by atoms with Gasteiger partial charge in [0.15, 0.2) is 6.61 Å². The molecule has 3 atom stereocenters. The third-order valence-electron chi connectivity index (χ3n) is 5.91. The molecule has 0 spiro atoms. The Morgan fingerprint density at radius 1 is 1.21 bits per heavy atom. The topological polar surface area (TPSA) is 92.8 Å². The second-order valence-electron chi connectivity index (χ2n) is 7.79. The summed E-state index contributed by atoms with van der Waals surface area (Å²) in [4.78, 5) is 50.2. The van der Waals surface area contributed by atoms with E-state index in [4.69, 9.17) is 4.74 Å². The van der Waals surface area contributed by atoms with Crippen molar-refractivity contribution >= 4 is 23.7 Å². The number of imide groups is 1. The molecule has 1 heterocycles. The number of hydrogen-bond acceptors (Lipinski definition) is 5. The van der Waals surface area contributed by atoms with Crippen LogP contribution in [0.4, 0.5) is 0 Å². The third-order valence-corrected chi connectivity index (χ3v) is 5.91. The SMILES string of the molecule is C=CCN1C(=O)c2ccc(C(=O)OCC(=O)N[C@H]3CCC[C@@H](C)[C@H]3C)cc2C1=O. The van der Waals surface area contributed by atoms with Gasteiger partial charge in [-0.2, -0.15) is 0 Å². The minimum Gasteiger partial charge on any atom is -0.452 e. The maximum Gasteiger partial charge on any atom is 0.338 e. The molecular formula is C22H26N2O5. The summed E-state index contributed by atoms with van der Waals surface area (Å²) >= 11 is 0. The molecule has 0 saturated heterocycles. The first-order valence-corrected chi connectivity index (χ1v) is 9.91. The normalized spacial score (nSPS) is 23.5. The van der Waals surface area contributed by atoms with Crippen molar-refractivity contribution in [3.8, 4) is 0 Å². The van der Waals surface area contributed by atoms with Crippen molar-refractivity contribution in [2.45, 2.75) is 39.2 Å². The van der Waals surface area contributed by atoms with Crippen molar-refractivity contribution < 1.29 is 23.9 Å². The molecule has 1 aliphatic heterocycles. The molecule has 0 aromatic heterocycles. The van der Waals surface area contributed by atoms with Gasteiger partial charge in [-0.3, -0.25) is 19.3 Å². The van der Waals surface area contributed by atoms with Crippen molar-refractivity contribution in [1.29, 1.82) is 0 Å². The number of nitrogens with one attached hydrogen (secondary N) is 1. The van der Waals surface area contributed by atoms with Gasteiger partial charge in [0.05, 0.1) is 16.7 Å². The van der Waals surface area contributed by atoms with Crippen LogP contribution in [-0.4, -0.2) is 47.8 Å². The zero-order valence-corrected chi connectivity index (χ0v) is 16.8. The maximum atomic E-state index is 12.4. The molecule has 0 radical (unpaired) electrons. The highest BCUT2D eigenvalue weighted by Crippen LogP contribution is 2.29. The zero-order chi connectivity index (χ0) is 21.1. The highest BCUT2D eigenvalue weighted by atomic mass is 16.5. The largest absolute Gasteiger partial charge is 0.452 e. The van der Waals surface area contributed by atoms with Crippen LogP contribution in [0.25, 0.3) is 0 Å². The van der Waals surface area contributed by atoms with Gasteiger partial charge >= 0.3 is 5.97 Å². The van der Waals surface area contributed by atoms with E-state index in [-0.39, 0.29) is 41.8 Å². The minimum absolute atomic E-state index is 0.0874. The number of carbonyl (C=O) groups excluding carboxylic acids is 4. The Bertz CT molecular complexity index is 863. The van der Waals surface area contributed by atoms with Crippen LogP contribution < -0.4 is 5.32 Å². The van der Waals surface area contributed by atoms with Crippen LogP contribution in [0, 0.1) is 11.8 Å². The average molecular weight is 398 g/mol. The Labute approximate surface area is 170 Å². The number of hydrogen-bond donors (Lipinski definition) is 1. The van der Waals surface area contributed by atoms with Crippen LogP contribution in [0.5, 0.6) is 0 Å². The van der Waals surface area contributed by atoms with Crippen LogP contribution in [0.2, 0.25) is 0 Å². The third kappa shape index (κ3) is 4.23. The minimum atomic E-state index is -0.713. The molecule has 1 aromatic rings. The molecule has 1 saturated carbocycles. The lowest BCUT2D eigenvalue weighted by atomic mass is 9.78. The lowest BCUT2D eigenvalue weighted by molar-refractivity contribution is -0.125. The monoisotopic (exact) mass is 398 g/mol. The number of fused-ring (bicyclic) bond motifs is 1. The number of nitrogens with zero attached hydrogens (tertiary/aromatic N) is 1. The fourth-order valence-corrected chi connectivity index (χ4v) is 3.96. The molecule has 0 unspecified atom stereocenters. The first-order valence-electron chi connectivity index (χ1n) is 9.91. The van der Waals surface area contributed by atoms with E-state index in [0.717, 1.165) is 24.2 Å². The average Bonchev–Trinajstić information content (AvgIpc) is 2.94. The van der Waals surface area contributed by atoms with Crippen LogP contribution >= 0.6 is 0 Å². The molecule has 7 nitrogen and oxygen atoms in total. The second kappa shape index (κ2) is 8.59. The van der Waals surface area contributed by atoms with E-state index >= 15 is 0 Å². The number of benzene rings is 1. The Hall–Kier alpha value is -2.96. The molecule has 1 aromatic carbocycles. The zero-order valence-electron chi connectivity index (χ0n) is 16.8. The highest BCUT2D eigenvalue weighted by Gasteiger charge is 2.35. The Morgan fingerprint density at radius 3 is 2.66 bits per heavy atom. The van der Waals surface area contributed by atoms with Gasteiger partial charge in [0.2, 0.25) is 0 Å². The van der Waals surface area contributed by atoms with Crippen molar-refractivity contribution in [2.75, 3.05) is 13.2 Å². The van der Waals surface area contributed by atoms with Crippen molar-refractivity contribution in [3.05, 3.63) is 47.5 Å². The fourth-order valence-electron chi connectivity index (χ4n) is 3.96. The Morgan fingerprint density at radius 2 is 1.93 bits per heavy atom. The van der Waals surface area contributed by atoms with Crippen molar-refractivity contribution in [1.82, 2.24) is 10.2 Å². The van der Waals surface area contributed by atoms with E-state index in [2.05, 4.69) is 25.7 Å². The number of ether oxygens (including phenoxy) is 1. The quantitative estimate of drug-likeness (QED) is 0.452. The predicted molar refractivity (Wildman–Crippen MR) is 106 cm³/mol. The van der Waals surface area contributed by atoms with Crippen LogP contribution in [0.15, 0.2) is 30.9 Å². The van der Waals surface area contributed by atoms with Gasteiger partial charge in [0, 0.05) is 12.6 Å².